The van der Waals surface area contributed by atoms with Crippen molar-refractivity contribution >= 4 is 12.4 Å². The lowest BCUT2D eigenvalue weighted by Crippen LogP contribution is -2.36. The predicted octanol–water partition coefficient (Wildman–Crippen LogP) is 2.85. The molecule has 0 spiro atoms. The van der Waals surface area contributed by atoms with Crippen LogP contribution in [0, 0.1) is 12.8 Å². The standard InChI is InChI=1S/C15H24N2.ClH/c1-13-5-7-14(8-6-13)11-17(2)12-15-4-3-9-16-10-15;/h5-8,15-16H,3-4,9-12H2,1-2H3;1H. The van der Waals surface area contributed by atoms with Crippen LogP contribution in [0.5, 0.6) is 0 Å². The summed E-state index contributed by atoms with van der Waals surface area (Å²) < 4.78 is 0. The summed E-state index contributed by atoms with van der Waals surface area (Å²) in [4.78, 5) is 2.45. The molecule has 1 heterocycles. The second-order valence-electron chi connectivity index (χ2n) is 5.39. The third-order valence-corrected chi connectivity index (χ3v) is 3.54. The lowest BCUT2D eigenvalue weighted by molar-refractivity contribution is 0.237. The normalized spacial score (nSPS) is 19.6. The van der Waals surface area contributed by atoms with Gasteiger partial charge in [-0.15, -0.1) is 12.4 Å². The highest BCUT2D eigenvalue weighted by atomic mass is 35.5. The van der Waals surface area contributed by atoms with Crippen molar-refractivity contribution in [1.82, 2.24) is 10.2 Å². The first-order chi connectivity index (χ1) is 8.24. The smallest absolute Gasteiger partial charge is 0.0230 e. The summed E-state index contributed by atoms with van der Waals surface area (Å²) in [5.74, 6) is 0.833. The highest BCUT2D eigenvalue weighted by Crippen LogP contribution is 2.13. The van der Waals surface area contributed by atoms with Crippen molar-refractivity contribution in [2.45, 2.75) is 26.3 Å². The van der Waals surface area contributed by atoms with E-state index < -0.39 is 0 Å². The first-order valence-corrected chi connectivity index (χ1v) is 6.69. The molecule has 2 rings (SSSR count). The van der Waals surface area contributed by atoms with Gasteiger partial charge in [0.2, 0.25) is 0 Å². The van der Waals surface area contributed by atoms with Crippen LogP contribution in [0.3, 0.4) is 0 Å². The van der Waals surface area contributed by atoms with Gasteiger partial charge in [0.15, 0.2) is 0 Å². The van der Waals surface area contributed by atoms with E-state index in [1.165, 1.54) is 43.6 Å². The molecule has 0 aliphatic carbocycles. The second kappa shape index (κ2) is 7.78. The molecule has 3 heteroatoms. The van der Waals surface area contributed by atoms with Crippen LogP contribution >= 0.6 is 12.4 Å². The number of halogens is 1. The molecule has 2 nitrogen and oxygen atoms in total. The van der Waals surface area contributed by atoms with Crippen molar-refractivity contribution in [3.63, 3.8) is 0 Å². The number of aryl methyl sites for hydroxylation is 1. The highest BCUT2D eigenvalue weighted by Gasteiger charge is 2.14. The van der Waals surface area contributed by atoms with E-state index >= 15 is 0 Å². The molecule has 1 unspecified atom stereocenters. The molecule has 1 aromatic rings. The van der Waals surface area contributed by atoms with Crippen molar-refractivity contribution in [3.8, 4) is 0 Å². The molecule has 102 valence electrons. The Morgan fingerprint density at radius 2 is 2.00 bits per heavy atom. The summed E-state index contributed by atoms with van der Waals surface area (Å²) in [5.41, 5.74) is 2.76. The van der Waals surface area contributed by atoms with E-state index in [0.29, 0.717) is 0 Å². The van der Waals surface area contributed by atoms with Gasteiger partial charge in [-0.3, -0.25) is 0 Å². The van der Waals surface area contributed by atoms with E-state index in [-0.39, 0.29) is 12.4 Å². The number of hydrogen-bond acceptors (Lipinski definition) is 2. The van der Waals surface area contributed by atoms with E-state index in [1.807, 2.05) is 0 Å². The number of nitrogens with one attached hydrogen (secondary N) is 1. The quantitative estimate of drug-likeness (QED) is 0.903. The molecule has 1 N–H and O–H groups in total. The minimum absolute atomic E-state index is 0. The Bertz CT molecular complexity index is 331. The largest absolute Gasteiger partial charge is 0.316 e. The number of hydrogen-bond donors (Lipinski definition) is 1. The number of benzene rings is 1. The zero-order valence-electron chi connectivity index (χ0n) is 11.5. The molecule has 1 aliphatic rings. The Morgan fingerprint density at radius 1 is 1.28 bits per heavy atom. The van der Waals surface area contributed by atoms with E-state index in [1.54, 1.807) is 0 Å². The van der Waals surface area contributed by atoms with E-state index in [2.05, 4.69) is 48.5 Å². The second-order valence-corrected chi connectivity index (χ2v) is 5.39. The summed E-state index contributed by atoms with van der Waals surface area (Å²) in [6.45, 7) is 6.81. The van der Waals surface area contributed by atoms with Gasteiger partial charge in [0, 0.05) is 13.1 Å². The van der Waals surface area contributed by atoms with E-state index in [4.69, 9.17) is 0 Å². The third-order valence-electron chi connectivity index (χ3n) is 3.54. The lowest BCUT2D eigenvalue weighted by atomic mass is 9.99. The van der Waals surface area contributed by atoms with Crippen LogP contribution in [0.2, 0.25) is 0 Å². The van der Waals surface area contributed by atoms with Crippen LogP contribution in [-0.4, -0.2) is 31.6 Å². The summed E-state index contributed by atoms with van der Waals surface area (Å²) in [6.07, 6.45) is 2.72. The molecule has 1 saturated heterocycles. The van der Waals surface area contributed by atoms with Crippen molar-refractivity contribution in [2.24, 2.45) is 5.92 Å². The third kappa shape index (κ3) is 4.97. The van der Waals surface area contributed by atoms with Crippen molar-refractivity contribution in [1.29, 1.82) is 0 Å². The van der Waals surface area contributed by atoms with Gasteiger partial charge in [-0.05, 0) is 51.4 Å². The van der Waals surface area contributed by atoms with Gasteiger partial charge in [0.05, 0.1) is 0 Å². The summed E-state index contributed by atoms with van der Waals surface area (Å²) in [7, 11) is 2.23. The highest BCUT2D eigenvalue weighted by molar-refractivity contribution is 5.85. The zero-order chi connectivity index (χ0) is 12.1. The van der Waals surface area contributed by atoms with Crippen LogP contribution < -0.4 is 5.32 Å². The summed E-state index contributed by atoms with van der Waals surface area (Å²) >= 11 is 0. The Kier molecular flexibility index (Phi) is 6.69. The van der Waals surface area contributed by atoms with Gasteiger partial charge >= 0.3 is 0 Å². The fourth-order valence-electron chi connectivity index (χ4n) is 2.59. The molecular weight excluding hydrogens is 244 g/mol. The molecule has 0 amide bonds. The number of rotatable bonds is 4. The van der Waals surface area contributed by atoms with Crippen LogP contribution in [0.25, 0.3) is 0 Å². The van der Waals surface area contributed by atoms with Crippen LogP contribution in [-0.2, 0) is 6.54 Å². The van der Waals surface area contributed by atoms with E-state index in [9.17, 15) is 0 Å². The van der Waals surface area contributed by atoms with Gasteiger partial charge in [0.1, 0.15) is 0 Å². The average Bonchev–Trinajstić information content (AvgIpc) is 2.33. The van der Waals surface area contributed by atoms with Crippen molar-refractivity contribution in [2.75, 3.05) is 26.7 Å². The minimum atomic E-state index is 0. The molecule has 1 aromatic carbocycles. The first kappa shape index (κ1) is 15.5. The molecule has 0 aromatic heterocycles. The first-order valence-electron chi connectivity index (χ1n) is 6.69. The SMILES string of the molecule is Cc1ccc(CN(C)CC2CCCNC2)cc1.Cl. The maximum absolute atomic E-state index is 3.48. The van der Waals surface area contributed by atoms with Crippen molar-refractivity contribution < 1.29 is 0 Å². The molecule has 1 aliphatic heterocycles. The van der Waals surface area contributed by atoms with Crippen LogP contribution in [0.4, 0.5) is 0 Å². The maximum Gasteiger partial charge on any atom is 0.0230 e. The van der Waals surface area contributed by atoms with Gasteiger partial charge in [0.25, 0.3) is 0 Å². The van der Waals surface area contributed by atoms with Gasteiger partial charge in [-0.2, -0.15) is 0 Å². The fraction of sp³-hybridized carbons (Fsp3) is 0.600. The number of nitrogens with zero attached hydrogens (tertiary/aromatic N) is 1. The van der Waals surface area contributed by atoms with Gasteiger partial charge < -0.3 is 10.2 Å². The minimum Gasteiger partial charge on any atom is -0.316 e. The Morgan fingerprint density at radius 3 is 2.61 bits per heavy atom. The van der Waals surface area contributed by atoms with Gasteiger partial charge in [-0.25, -0.2) is 0 Å². The van der Waals surface area contributed by atoms with Crippen LogP contribution in [0.1, 0.15) is 24.0 Å². The summed E-state index contributed by atoms with van der Waals surface area (Å²) in [5, 5.41) is 3.48. The molecule has 0 bridgehead atoms. The summed E-state index contributed by atoms with van der Waals surface area (Å²) in [6, 6.07) is 8.88. The maximum atomic E-state index is 3.48. The predicted molar refractivity (Wildman–Crippen MR) is 80.4 cm³/mol. The monoisotopic (exact) mass is 268 g/mol. The van der Waals surface area contributed by atoms with E-state index in [0.717, 1.165) is 12.5 Å². The topological polar surface area (TPSA) is 15.3 Å². The number of piperidine rings is 1. The van der Waals surface area contributed by atoms with Gasteiger partial charge in [-0.1, -0.05) is 29.8 Å². The molecule has 1 atom stereocenters. The Hall–Kier alpha value is -0.570. The molecule has 18 heavy (non-hydrogen) atoms. The van der Waals surface area contributed by atoms with Crippen LogP contribution in [0.15, 0.2) is 24.3 Å². The lowest BCUT2D eigenvalue weighted by Gasteiger charge is -2.27. The molecule has 0 radical (unpaired) electrons. The molecule has 1 fully saturated rings. The average molecular weight is 269 g/mol. The fourth-order valence-corrected chi connectivity index (χ4v) is 2.59. The Balaban J connectivity index is 0.00000162. The molecular formula is C15H25ClN2. The molecule has 0 saturated carbocycles. The van der Waals surface area contributed by atoms with Crippen molar-refractivity contribution in [3.05, 3.63) is 35.4 Å². The Labute approximate surface area is 117 Å². The zero-order valence-corrected chi connectivity index (χ0v) is 12.3.